The van der Waals surface area contributed by atoms with Crippen molar-refractivity contribution in [1.82, 2.24) is 23.8 Å². The summed E-state index contributed by atoms with van der Waals surface area (Å²) in [4.78, 5) is 25.8. The molecule has 0 saturated carbocycles. The number of nitrogens with zero attached hydrogens (tertiary/aromatic N) is 5. The molecule has 0 aliphatic carbocycles. The van der Waals surface area contributed by atoms with Gasteiger partial charge in [0.15, 0.2) is 0 Å². The summed E-state index contributed by atoms with van der Waals surface area (Å²) in [5.74, 6) is -0.333. The van der Waals surface area contributed by atoms with Gasteiger partial charge in [0, 0.05) is 48.5 Å². The van der Waals surface area contributed by atoms with E-state index >= 15 is 0 Å². The molecule has 4 aromatic rings. The van der Waals surface area contributed by atoms with E-state index in [9.17, 15) is 26.0 Å². The van der Waals surface area contributed by atoms with Gasteiger partial charge in [-0.2, -0.15) is 4.98 Å². The van der Waals surface area contributed by atoms with Crippen LogP contribution in [-0.2, 0) is 26.6 Å². The SMILES string of the molecule is CS(=O)(=O)N1CCC(Nc2ncc3ccc(=O)n(Cc4ccc(-c5cc(S(N)(=O)=O)ccc5F)nc4)c3n2)CC1. The van der Waals surface area contributed by atoms with Gasteiger partial charge in [0.25, 0.3) is 5.56 Å². The van der Waals surface area contributed by atoms with Crippen LogP contribution in [0.1, 0.15) is 18.4 Å². The van der Waals surface area contributed by atoms with Crippen molar-refractivity contribution in [3.8, 4) is 11.3 Å². The molecule has 0 unspecified atom stereocenters. The van der Waals surface area contributed by atoms with Crippen molar-refractivity contribution in [2.45, 2.75) is 30.3 Å². The van der Waals surface area contributed by atoms with Crippen LogP contribution in [-0.4, -0.2) is 66.0 Å². The molecule has 1 aliphatic rings. The van der Waals surface area contributed by atoms with Crippen molar-refractivity contribution in [3.05, 3.63) is 76.6 Å². The first kappa shape index (κ1) is 27.8. The van der Waals surface area contributed by atoms with Crippen LogP contribution in [0.25, 0.3) is 22.3 Å². The minimum atomic E-state index is -4.02. The zero-order valence-corrected chi connectivity index (χ0v) is 23.0. The van der Waals surface area contributed by atoms with E-state index in [2.05, 4.69) is 20.3 Å². The van der Waals surface area contributed by atoms with E-state index in [1.165, 1.54) is 33.5 Å². The Balaban J connectivity index is 1.38. The highest BCUT2D eigenvalue weighted by molar-refractivity contribution is 7.89. The summed E-state index contributed by atoms with van der Waals surface area (Å²) in [5, 5.41) is 9.05. The predicted molar refractivity (Wildman–Crippen MR) is 147 cm³/mol. The summed E-state index contributed by atoms with van der Waals surface area (Å²) in [6.45, 7) is 0.911. The molecular formula is C25H26FN7O5S2. The van der Waals surface area contributed by atoms with Gasteiger partial charge in [0.2, 0.25) is 26.0 Å². The number of halogens is 1. The van der Waals surface area contributed by atoms with Crippen LogP contribution in [0.2, 0.25) is 0 Å². The zero-order valence-electron chi connectivity index (χ0n) is 21.4. The Morgan fingerprint density at radius 1 is 1.02 bits per heavy atom. The second-order valence-electron chi connectivity index (χ2n) is 9.55. The van der Waals surface area contributed by atoms with Crippen molar-refractivity contribution in [2.24, 2.45) is 5.14 Å². The third kappa shape index (κ3) is 6.01. The second kappa shape index (κ2) is 10.6. The number of fused-ring (bicyclic) bond motifs is 1. The molecular weight excluding hydrogens is 561 g/mol. The van der Waals surface area contributed by atoms with Gasteiger partial charge in [0.1, 0.15) is 11.5 Å². The van der Waals surface area contributed by atoms with Gasteiger partial charge < -0.3 is 5.32 Å². The summed E-state index contributed by atoms with van der Waals surface area (Å²) >= 11 is 0. The van der Waals surface area contributed by atoms with E-state index < -0.39 is 25.9 Å². The summed E-state index contributed by atoms with van der Waals surface area (Å²) in [7, 11) is -7.26. The predicted octanol–water partition coefficient (Wildman–Crippen LogP) is 1.52. The molecule has 1 saturated heterocycles. The summed E-state index contributed by atoms with van der Waals surface area (Å²) in [6, 6.07) is 9.43. The van der Waals surface area contributed by atoms with Gasteiger partial charge in [-0.25, -0.2) is 35.7 Å². The number of hydrogen-bond acceptors (Lipinski definition) is 9. The van der Waals surface area contributed by atoms with Gasteiger partial charge >= 0.3 is 0 Å². The lowest BCUT2D eigenvalue weighted by Crippen LogP contribution is -2.42. The minimum absolute atomic E-state index is 0.0220. The van der Waals surface area contributed by atoms with Gasteiger partial charge in [-0.1, -0.05) is 6.07 Å². The number of aromatic nitrogens is 4. The zero-order chi connectivity index (χ0) is 28.7. The lowest BCUT2D eigenvalue weighted by molar-refractivity contribution is 0.331. The Labute approximate surface area is 229 Å². The summed E-state index contributed by atoms with van der Waals surface area (Å²) in [6.07, 6.45) is 5.46. The van der Waals surface area contributed by atoms with Crippen LogP contribution in [0.5, 0.6) is 0 Å². The first-order valence-corrected chi connectivity index (χ1v) is 15.6. The molecule has 3 aromatic heterocycles. The molecule has 40 heavy (non-hydrogen) atoms. The van der Waals surface area contributed by atoms with E-state index in [0.717, 1.165) is 18.2 Å². The maximum Gasteiger partial charge on any atom is 0.252 e. The number of nitrogens with two attached hydrogens (primary N) is 1. The highest BCUT2D eigenvalue weighted by Crippen LogP contribution is 2.24. The minimum Gasteiger partial charge on any atom is -0.351 e. The number of pyridine rings is 2. The van der Waals surface area contributed by atoms with Crippen LogP contribution >= 0.6 is 0 Å². The molecule has 0 spiro atoms. The van der Waals surface area contributed by atoms with Gasteiger partial charge in [-0.15, -0.1) is 0 Å². The number of benzene rings is 1. The first-order valence-electron chi connectivity index (χ1n) is 12.2. The van der Waals surface area contributed by atoms with Crippen molar-refractivity contribution in [1.29, 1.82) is 0 Å². The molecule has 210 valence electrons. The number of nitrogens with one attached hydrogen (secondary N) is 1. The third-order valence-electron chi connectivity index (χ3n) is 6.69. The van der Waals surface area contributed by atoms with Gasteiger partial charge in [-0.3, -0.25) is 14.3 Å². The Kier molecular flexibility index (Phi) is 7.39. The topological polar surface area (TPSA) is 170 Å². The van der Waals surface area contributed by atoms with Crippen LogP contribution < -0.4 is 16.0 Å². The van der Waals surface area contributed by atoms with E-state index in [4.69, 9.17) is 5.14 Å². The van der Waals surface area contributed by atoms with Gasteiger partial charge in [0.05, 0.1) is 23.4 Å². The molecule has 3 N–H and O–H groups in total. The van der Waals surface area contributed by atoms with Crippen molar-refractivity contribution in [2.75, 3.05) is 24.7 Å². The lowest BCUT2D eigenvalue weighted by atomic mass is 10.1. The molecule has 15 heteroatoms. The molecule has 0 amide bonds. The summed E-state index contributed by atoms with van der Waals surface area (Å²) in [5.41, 5.74) is 0.908. The highest BCUT2D eigenvalue weighted by Gasteiger charge is 2.25. The molecule has 0 radical (unpaired) electrons. The Morgan fingerprint density at radius 3 is 2.42 bits per heavy atom. The standard InChI is InChI=1S/C25H26FN7O5S2/c1-39(35,36)32-10-8-18(9-11-32)30-25-29-14-17-3-7-23(34)33(24(17)31-25)15-16-2-6-22(28-13-16)20-12-19(40(27,37)38)4-5-21(20)26/h2-7,12-14,18H,8-11,15H2,1H3,(H2,27,37,38)(H,29,30,31). The molecule has 0 bridgehead atoms. The van der Waals surface area contributed by atoms with E-state index in [1.54, 1.807) is 18.3 Å². The van der Waals surface area contributed by atoms with Gasteiger partial charge in [-0.05, 0) is 48.7 Å². The molecule has 12 nitrogen and oxygen atoms in total. The fraction of sp³-hybridized carbons (Fsp3) is 0.280. The Bertz CT molecular complexity index is 1860. The maximum absolute atomic E-state index is 14.4. The molecule has 5 rings (SSSR count). The van der Waals surface area contributed by atoms with Crippen LogP contribution in [0.3, 0.4) is 0 Å². The van der Waals surface area contributed by atoms with E-state index in [1.807, 2.05) is 0 Å². The molecule has 0 atom stereocenters. The monoisotopic (exact) mass is 587 g/mol. The number of piperidine rings is 1. The number of sulfonamides is 2. The molecule has 1 aliphatic heterocycles. The van der Waals surface area contributed by atoms with Crippen LogP contribution in [0.4, 0.5) is 10.3 Å². The first-order chi connectivity index (χ1) is 18.9. The fourth-order valence-corrected chi connectivity index (χ4v) is 5.96. The van der Waals surface area contributed by atoms with Crippen molar-refractivity contribution in [3.63, 3.8) is 0 Å². The highest BCUT2D eigenvalue weighted by atomic mass is 32.2. The quantitative estimate of drug-likeness (QED) is 0.325. The largest absolute Gasteiger partial charge is 0.351 e. The molecule has 1 aromatic carbocycles. The maximum atomic E-state index is 14.4. The number of primary sulfonamides is 1. The third-order valence-corrected chi connectivity index (χ3v) is 8.90. The molecule has 1 fully saturated rings. The number of anilines is 1. The Morgan fingerprint density at radius 2 is 1.77 bits per heavy atom. The summed E-state index contributed by atoms with van der Waals surface area (Å²) < 4.78 is 64.2. The number of hydrogen-bond donors (Lipinski definition) is 2. The van der Waals surface area contributed by atoms with E-state index in [-0.39, 0.29) is 34.3 Å². The van der Waals surface area contributed by atoms with Crippen LogP contribution in [0.15, 0.2) is 64.5 Å². The average molecular weight is 588 g/mol. The van der Waals surface area contributed by atoms with E-state index in [0.29, 0.717) is 48.5 Å². The second-order valence-corrected chi connectivity index (χ2v) is 13.1. The fourth-order valence-electron chi connectivity index (χ4n) is 4.55. The smallest absolute Gasteiger partial charge is 0.252 e. The van der Waals surface area contributed by atoms with Crippen molar-refractivity contribution >= 4 is 37.0 Å². The lowest BCUT2D eigenvalue weighted by Gasteiger charge is -2.30. The van der Waals surface area contributed by atoms with Crippen molar-refractivity contribution < 1.29 is 21.2 Å². The normalized spacial score (nSPS) is 15.4. The Hall–Kier alpha value is -3.79. The molecule has 4 heterocycles. The number of rotatable bonds is 7. The average Bonchev–Trinajstić information content (AvgIpc) is 2.90. The van der Waals surface area contributed by atoms with Crippen LogP contribution in [0, 0.1) is 5.82 Å².